The molecule has 1 atom stereocenters. The summed E-state index contributed by atoms with van der Waals surface area (Å²) in [4.78, 5) is 12.5. The summed E-state index contributed by atoms with van der Waals surface area (Å²) in [5.74, 6) is 0.652. The standard InChI is InChI=1S/C15H23N3OS/c1-18(9-7-16-8-10-18)15(19)17-14(12-20)11-13-5-3-2-4-6-13/h2-6,14,16H,7-12H2,1H3,(H-,17,19,20)/p+1. The van der Waals surface area contributed by atoms with E-state index in [-0.39, 0.29) is 12.1 Å². The van der Waals surface area contributed by atoms with E-state index >= 15 is 0 Å². The quantitative estimate of drug-likeness (QED) is 0.578. The van der Waals surface area contributed by atoms with Crippen LogP contribution in [0.4, 0.5) is 4.79 Å². The first-order valence-corrected chi connectivity index (χ1v) is 7.78. The Morgan fingerprint density at radius 2 is 2.00 bits per heavy atom. The van der Waals surface area contributed by atoms with Crippen molar-refractivity contribution in [1.82, 2.24) is 10.6 Å². The Kier molecular flexibility index (Phi) is 5.46. The third kappa shape index (κ3) is 3.98. The summed E-state index contributed by atoms with van der Waals surface area (Å²) in [5, 5.41) is 6.45. The van der Waals surface area contributed by atoms with Gasteiger partial charge in [-0.1, -0.05) is 30.3 Å². The molecule has 2 N–H and O–H groups in total. The van der Waals surface area contributed by atoms with Crippen LogP contribution in [0.5, 0.6) is 0 Å². The van der Waals surface area contributed by atoms with E-state index < -0.39 is 0 Å². The molecule has 0 bridgehead atoms. The normalized spacial score (nSPS) is 19.3. The highest BCUT2D eigenvalue weighted by atomic mass is 32.1. The molecule has 1 aliphatic heterocycles. The van der Waals surface area contributed by atoms with Crippen LogP contribution in [0.3, 0.4) is 0 Å². The topological polar surface area (TPSA) is 41.1 Å². The maximum atomic E-state index is 12.5. The van der Waals surface area contributed by atoms with Gasteiger partial charge in [0.05, 0.1) is 20.1 Å². The average molecular weight is 294 g/mol. The lowest BCUT2D eigenvalue weighted by molar-refractivity contribution is -0.832. The number of quaternary nitrogens is 1. The second kappa shape index (κ2) is 7.11. The van der Waals surface area contributed by atoms with Crippen molar-refractivity contribution in [2.24, 2.45) is 0 Å². The molecular formula is C15H24N3OS+. The Labute approximate surface area is 126 Å². The number of thiol groups is 1. The van der Waals surface area contributed by atoms with Crippen molar-refractivity contribution >= 4 is 18.7 Å². The van der Waals surface area contributed by atoms with Gasteiger partial charge < -0.3 is 10.6 Å². The van der Waals surface area contributed by atoms with E-state index in [9.17, 15) is 4.79 Å². The summed E-state index contributed by atoms with van der Waals surface area (Å²) in [5.41, 5.74) is 1.23. The fraction of sp³-hybridized carbons (Fsp3) is 0.533. The number of hydrogen-bond acceptors (Lipinski definition) is 3. The zero-order valence-electron chi connectivity index (χ0n) is 12.0. The van der Waals surface area contributed by atoms with Crippen LogP contribution >= 0.6 is 12.6 Å². The van der Waals surface area contributed by atoms with E-state index in [2.05, 4.69) is 35.4 Å². The second-order valence-corrected chi connectivity index (χ2v) is 5.98. The maximum Gasteiger partial charge on any atom is 0.416 e. The van der Waals surface area contributed by atoms with Gasteiger partial charge in [0.1, 0.15) is 0 Å². The van der Waals surface area contributed by atoms with Crippen molar-refractivity contribution < 1.29 is 9.28 Å². The SMILES string of the molecule is C[N+]1(C(=O)NC(CS)Cc2ccccc2)CCNCC1. The summed E-state index contributed by atoms with van der Waals surface area (Å²) in [7, 11) is 2.01. The lowest BCUT2D eigenvalue weighted by Gasteiger charge is -2.36. The molecule has 1 aromatic carbocycles. The third-order valence-corrected chi connectivity index (χ3v) is 4.37. The minimum atomic E-state index is 0.0815. The summed E-state index contributed by atoms with van der Waals surface area (Å²) in [6.07, 6.45) is 0.828. The minimum absolute atomic E-state index is 0.0815. The van der Waals surface area contributed by atoms with Crippen LogP contribution in [0.2, 0.25) is 0 Å². The molecule has 110 valence electrons. The van der Waals surface area contributed by atoms with Crippen molar-refractivity contribution in [1.29, 1.82) is 0 Å². The molecule has 5 heteroatoms. The molecule has 0 spiro atoms. The number of likely N-dealkylation sites (N-methyl/N-ethyl adjacent to an activating group) is 1. The first-order valence-electron chi connectivity index (χ1n) is 7.15. The van der Waals surface area contributed by atoms with E-state index in [1.54, 1.807) is 0 Å². The molecule has 0 aromatic heterocycles. The van der Waals surface area contributed by atoms with Crippen LogP contribution < -0.4 is 10.6 Å². The van der Waals surface area contributed by atoms with Crippen LogP contribution in [-0.2, 0) is 6.42 Å². The average Bonchev–Trinajstić information content (AvgIpc) is 2.48. The van der Waals surface area contributed by atoms with Crippen molar-refractivity contribution in [3.63, 3.8) is 0 Å². The molecule has 1 aromatic rings. The Balaban J connectivity index is 1.94. The third-order valence-electron chi connectivity index (χ3n) is 3.93. The van der Waals surface area contributed by atoms with Crippen LogP contribution in [-0.4, -0.2) is 55.5 Å². The fourth-order valence-electron chi connectivity index (χ4n) is 2.48. The van der Waals surface area contributed by atoms with Gasteiger partial charge in [-0.05, 0) is 12.0 Å². The fourth-order valence-corrected chi connectivity index (χ4v) is 2.70. The van der Waals surface area contributed by atoms with Crippen molar-refractivity contribution in [3.05, 3.63) is 35.9 Å². The first-order chi connectivity index (χ1) is 9.64. The summed E-state index contributed by atoms with van der Waals surface area (Å²) < 4.78 is 0.464. The Morgan fingerprint density at radius 1 is 1.35 bits per heavy atom. The molecule has 0 saturated carbocycles. The van der Waals surface area contributed by atoms with Crippen molar-refractivity contribution in [2.75, 3.05) is 39.0 Å². The summed E-state index contributed by atoms with van der Waals surface area (Å²) in [6.45, 7) is 3.48. The molecule has 0 radical (unpaired) electrons. The zero-order valence-corrected chi connectivity index (χ0v) is 12.9. The van der Waals surface area contributed by atoms with Gasteiger partial charge in [0, 0.05) is 24.9 Å². The number of rotatable bonds is 4. The van der Waals surface area contributed by atoms with Crippen LogP contribution in [0.1, 0.15) is 5.56 Å². The zero-order chi connectivity index (χ0) is 14.4. The van der Waals surface area contributed by atoms with Crippen LogP contribution in [0.15, 0.2) is 30.3 Å². The number of carbonyl (C=O) groups is 1. The number of piperazine rings is 1. The molecule has 1 fully saturated rings. The number of hydrogen-bond donors (Lipinski definition) is 3. The summed E-state index contributed by atoms with van der Waals surface area (Å²) >= 11 is 4.38. The second-order valence-electron chi connectivity index (χ2n) is 5.61. The number of amides is 2. The number of nitrogens with zero attached hydrogens (tertiary/aromatic N) is 1. The Morgan fingerprint density at radius 3 is 2.60 bits per heavy atom. The number of urea groups is 1. The largest absolute Gasteiger partial charge is 0.416 e. The van der Waals surface area contributed by atoms with E-state index in [0.29, 0.717) is 10.2 Å². The van der Waals surface area contributed by atoms with Gasteiger partial charge in [0.25, 0.3) is 0 Å². The minimum Gasteiger partial charge on any atom is -0.306 e. The predicted molar refractivity (Wildman–Crippen MR) is 85.1 cm³/mol. The first kappa shape index (κ1) is 15.4. The van der Waals surface area contributed by atoms with Gasteiger partial charge >= 0.3 is 6.03 Å². The van der Waals surface area contributed by atoms with Gasteiger partial charge in [-0.15, -0.1) is 0 Å². The number of nitrogens with one attached hydrogen (secondary N) is 2. The lowest BCUT2D eigenvalue weighted by atomic mass is 10.1. The monoisotopic (exact) mass is 294 g/mol. The van der Waals surface area contributed by atoms with E-state index in [0.717, 1.165) is 32.6 Å². The van der Waals surface area contributed by atoms with Gasteiger partial charge in [0.15, 0.2) is 0 Å². The molecular weight excluding hydrogens is 270 g/mol. The van der Waals surface area contributed by atoms with E-state index in [4.69, 9.17) is 0 Å². The maximum absolute atomic E-state index is 12.5. The molecule has 4 nitrogen and oxygen atoms in total. The van der Waals surface area contributed by atoms with Gasteiger partial charge in [-0.25, -0.2) is 9.28 Å². The molecule has 1 unspecified atom stereocenters. The Bertz CT molecular complexity index is 432. The van der Waals surface area contributed by atoms with Gasteiger partial charge in [0.2, 0.25) is 0 Å². The predicted octanol–water partition coefficient (Wildman–Crippen LogP) is 1.29. The molecule has 1 heterocycles. The van der Waals surface area contributed by atoms with E-state index in [1.807, 2.05) is 25.2 Å². The van der Waals surface area contributed by atoms with Gasteiger partial charge in [-0.3, -0.25) is 0 Å². The van der Waals surface area contributed by atoms with Gasteiger partial charge in [-0.2, -0.15) is 12.6 Å². The highest BCUT2D eigenvalue weighted by Gasteiger charge is 2.34. The number of benzene rings is 1. The van der Waals surface area contributed by atoms with Crippen LogP contribution in [0, 0.1) is 0 Å². The molecule has 20 heavy (non-hydrogen) atoms. The molecule has 2 rings (SSSR count). The van der Waals surface area contributed by atoms with Crippen LogP contribution in [0.25, 0.3) is 0 Å². The molecule has 2 amide bonds. The molecule has 1 aliphatic rings. The summed E-state index contributed by atoms with van der Waals surface area (Å²) in [6, 6.07) is 10.4. The highest BCUT2D eigenvalue weighted by Crippen LogP contribution is 2.09. The van der Waals surface area contributed by atoms with Crippen molar-refractivity contribution in [2.45, 2.75) is 12.5 Å². The molecule has 1 saturated heterocycles. The Hall–Kier alpha value is -1.04. The highest BCUT2D eigenvalue weighted by molar-refractivity contribution is 7.80. The van der Waals surface area contributed by atoms with E-state index in [1.165, 1.54) is 5.56 Å². The number of carbonyl (C=O) groups excluding carboxylic acids is 1. The lowest BCUT2D eigenvalue weighted by Crippen LogP contribution is -2.63. The van der Waals surface area contributed by atoms with Crippen molar-refractivity contribution in [3.8, 4) is 0 Å². The smallest absolute Gasteiger partial charge is 0.306 e. The molecule has 0 aliphatic carbocycles.